The molecule has 5 heteroatoms. The number of aryl methyl sites for hydroxylation is 1. The second-order valence-corrected chi connectivity index (χ2v) is 4.78. The Morgan fingerprint density at radius 1 is 1.19 bits per heavy atom. The lowest BCUT2D eigenvalue weighted by Crippen LogP contribution is -1.93. The van der Waals surface area contributed by atoms with E-state index in [1.807, 2.05) is 43.3 Å². The Morgan fingerprint density at radius 2 is 2.05 bits per heavy atom. The standard InChI is InChI=1S/C16H16N4O/c1-10-6-7-13(21-2)11(9-10)15-14(16(17)20-19-15)12-5-3-4-8-18-12/h3-9H,1-2H3,(H3,17,19,20). The number of aromatic nitrogens is 3. The number of nitrogens with zero attached hydrogens (tertiary/aromatic N) is 2. The van der Waals surface area contributed by atoms with Gasteiger partial charge in [0.25, 0.3) is 0 Å². The van der Waals surface area contributed by atoms with Crippen molar-refractivity contribution in [1.29, 1.82) is 0 Å². The molecule has 0 unspecified atom stereocenters. The Kier molecular flexibility index (Phi) is 3.31. The number of methoxy groups -OCH3 is 1. The normalized spacial score (nSPS) is 10.6. The first kappa shape index (κ1) is 13.2. The summed E-state index contributed by atoms with van der Waals surface area (Å²) >= 11 is 0. The maximum Gasteiger partial charge on any atom is 0.155 e. The summed E-state index contributed by atoms with van der Waals surface area (Å²) in [4.78, 5) is 4.37. The summed E-state index contributed by atoms with van der Waals surface area (Å²) in [7, 11) is 1.65. The number of aromatic amines is 1. The average Bonchev–Trinajstić information content (AvgIpc) is 2.89. The van der Waals surface area contributed by atoms with Crippen LogP contribution in [-0.2, 0) is 0 Å². The maximum absolute atomic E-state index is 6.02. The molecule has 0 fully saturated rings. The lowest BCUT2D eigenvalue weighted by molar-refractivity contribution is 0.416. The van der Waals surface area contributed by atoms with E-state index in [0.717, 1.165) is 33.8 Å². The van der Waals surface area contributed by atoms with Gasteiger partial charge < -0.3 is 10.5 Å². The summed E-state index contributed by atoms with van der Waals surface area (Å²) in [5.41, 5.74) is 10.4. The van der Waals surface area contributed by atoms with Gasteiger partial charge in [0.05, 0.1) is 24.1 Å². The molecule has 0 aliphatic heterocycles. The number of pyridine rings is 1. The van der Waals surface area contributed by atoms with Crippen LogP contribution in [0.4, 0.5) is 5.82 Å². The first-order valence-electron chi connectivity index (χ1n) is 6.61. The quantitative estimate of drug-likeness (QED) is 0.773. The number of hydrogen-bond donors (Lipinski definition) is 2. The van der Waals surface area contributed by atoms with Gasteiger partial charge in [-0.15, -0.1) is 0 Å². The summed E-state index contributed by atoms with van der Waals surface area (Å²) in [6.07, 6.45) is 1.74. The van der Waals surface area contributed by atoms with Crippen LogP contribution in [0.15, 0.2) is 42.6 Å². The lowest BCUT2D eigenvalue weighted by atomic mass is 10.0. The lowest BCUT2D eigenvalue weighted by Gasteiger charge is -2.10. The number of H-pyrrole nitrogens is 1. The number of hydrogen-bond acceptors (Lipinski definition) is 4. The van der Waals surface area contributed by atoms with Crippen molar-refractivity contribution in [2.75, 3.05) is 12.8 Å². The molecule has 0 radical (unpaired) electrons. The molecule has 0 atom stereocenters. The highest BCUT2D eigenvalue weighted by molar-refractivity contribution is 5.88. The minimum Gasteiger partial charge on any atom is -0.496 e. The van der Waals surface area contributed by atoms with Gasteiger partial charge in [0.1, 0.15) is 5.75 Å². The van der Waals surface area contributed by atoms with Gasteiger partial charge in [-0.1, -0.05) is 17.7 Å². The van der Waals surface area contributed by atoms with E-state index in [0.29, 0.717) is 5.82 Å². The summed E-state index contributed by atoms with van der Waals surface area (Å²) in [5.74, 6) is 1.19. The van der Waals surface area contributed by atoms with Crippen molar-refractivity contribution in [2.24, 2.45) is 0 Å². The van der Waals surface area contributed by atoms with Crippen molar-refractivity contribution in [3.05, 3.63) is 48.2 Å². The summed E-state index contributed by atoms with van der Waals surface area (Å²) in [6, 6.07) is 11.7. The minimum absolute atomic E-state index is 0.423. The van der Waals surface area contributed by atoms with Crippen molar-refractivity contribution in [3.63, 3.8) is 0 Å². The molecular formula is C16H16N4O. The van der Waals surface area contributed by atoms with Crippen LogP contribution >= 0.6 is 0 Å². The molecule has 3 aromatic rings. The molecule has 0 spiro atoms. The fourth-order valence-electron chi connectivity index (χ4n) is 2.34. The third kappa shape index (κ3) is 2.33. The van der Waals surface area contributed by atoms with Crippen molar-refractivity contribution >= 4 is 5.82 Å². The highest BCUT2D eigenvalue weighted by Gasteiger charge is 2.18. The van der Waals surface area contributed by atoms with Crippen LogP contribution in [0, 0.1) is 6.92 Å². The fourth-order valence-corrected chi connectivity index (χ4v) is 2.34. The van der Waals surface area contributed by atoms with Crippen molar-refractivity contribution < 1.29 is 4.74 Å². The van der Waals surface area contributed by atoms with E-state index in [1.165, 1.54) is 0 Å². The number of anilines is 1. The Hall–Kier alpha value is -2.82. The number of nitrogen functional groups attached to an aromatic ring is 1. The van der Waals surface area contributed by atoms with Gasteiger partial charge in [0.2, 0.25) is 0 Å². The number of ether oxygens (including phenoxy) is 1. The average molecular weight is 280 g/mol. The molecule has 1 aromatic carbocycles. The predicted molar refractivity (Wildman–Crippen MR) is 83.0 cm³/mol. The molecule has 3 N–H and O–H groups in total. The van der Waals surface area contributed by atoms with Gasteiger partial charge in [-0.25, -0.2) is 0 Å². The van der Waals surface area contributed by atoms with E-state index in [9.17, 15) is 0 Å². The summed E-state index contributed by atoms with van der Waals surface area (Å²) < 4.78 is 5.45. The zero-order chi connectivity index (χ0) is 14.8. The van der Waals surface area contributed by atoms with Gasteiger partial charge in [-0.05, 0) is 31.2 Å². The van der Waals surface area contributed by atoms with Crippen LogP contribution in [0.1, 0.15) is 5.56 Å². The topological polar surface area (TPSA) is 76.8 Å². The Bertz CT molecular complexity index is 765. The maximum atomic E-state index is 6.02. The number of nitrogens with one attached hydrogen (secondary N) is 1. The van der Waals surface area contributed by atoms with Gasteiger partial charge >= 0.3 is 0 Å². The molecule has 0 aliphatic carbocycles. The van der Waals surface area contributed by atoms with Crippen molar-refractivity contribution in [2.45, 2.75) is 6.92 Å². The molecule has 5 nitrogen and oxygen atoms in total. The number of benzene rings is 1. The van der Waals surface area contributed by atoms with Gasteiger partial charge in [-0.3, -0.25) is 10.1 Å². The summed E-state index contributed by atoms with van der Waals surface area (Å²) in [6.45, 7) is 2.03. The van der Waals surface area contributed by atoms with E-state index in [2.05, 4.69) is 15.2 Å². The molecule has 0 saturated heterocycles. The van der Waals surface area contributed by atoms with Crippen LogP contribution in [0.2, 0.25) is 0 Å². The van der Waals surface area contributed by atoms with E-state index in [4.69, 9.17) is 10.5 Å². The van der Waals surface area contributed by atoms with Gasteiger partial charge in [-0.2, -0.15) is 5.10 Å². The fraction of sp³-hybridized carbons (Fsp3) is 0.125. The second-order valence-electron chi connectivity index (χ2n) is 4.78. The van der Waals surface area contributed by atoms with Crippen molar-refractivity contribution in [3.8, 4) is 28.3 Å². The Morgan fingerprint density at radius 3 is 2.76 bits per heavy atom. The van der Waals surface area contributed by atoms with Crippen LogP contribution < -0.4 is 10.5 Å². The first-order chi connectivity index (χ1) is 10.2. The molecule has 3 rings (SSSR count). The Labute approximate surface area is 122 Å². The molecule has 0 amide bonds. The SMILES string of the molecule is COc1ccc(C)cc1-c1[nH]nc(N)c1-c1ccccn1. The third-order valence-electron chi connectivity index (χ3n) is 3.34. The summed E-state index contributed by atoms with van der Waals surface area (Å²) in [5, 5.41) is 7.13. The predicted octanol–water partition coefficient (Wildman–Crippen LogP) is 3.04. The highest BCUT2D eigenvalue weighted by atomic mass is 16.5. The number of nitrogens with two attached hydrogens (primary N) is 1. The van der Waals surface area contributed by atoms with Crippen LogP contribution in [0.25, 0.3) is 22.5 Å². The second kappa shape index (κ2) is 5.28. The van der Waals surface area contributed by atoms with Crippen LogP contribution in [0.3, 0.4) is 0 Å². The zero-order valence-electron chi connectivity index (χ0n) is 11.9. The highest BCUT2D eigenvalue weighted by Crippen LogP contribution is 2.38. The van der Waals surface area contributed by atoms with Gasteiger partial charge in [0, 0.05) is 11.8 Å². The van der Waals surface area contributed by atoms with Crippen LogP contribution in [-0.4, -0.2) is 22.3 Å². The molecule has 0 aliphatic rings. The van der Waals surface area contributed by atoms with Crippen molar-refractivity contribution in [1.82, 2.24) is 15.2 Å². The molecule has 0 saturated carbocycles. The molecule has 106 valence electrons. The molecule has 21 heavy (non-hydrogen) atoms. The largest absolute Gasteiger partial charge is 0.496 e. The molecule has 2 aromatic heterocycles. The van der Waals surface area contributed by atoms with Gasteiger partial charge in [0.15, 0.2) is 5.82 Å². The van der Waals surface area contributed by atoms with E-state index < -0.39 is 0 Å². The number of rotatable bonds is 3. The smallest absolute Gasteiger partial charge is 0.155 e. The third-order valence-corrected chi connectivity index (χ3v) is 3.34. The van der Waals surface area contributed by atoms with Crippen LogP contribution in [0.5, 0.6) is 5.75 Å². The van der Waals surface area contributed by atoms with E-state index >= 15 is 0 Å². The monoisotopic (exact) mass is 280 g/mol. The first-order valence-corrected chi connectivity index (χ1v) is 6.61. The van der Waals surface area contributed by atoms with E-state index in [1.54, 1.807) is 13.3 Å². The van der Waals surface area contributed by atoms with E-state index in [-0.39, 0.29) is 0 Å². The molecule has 0 bridgehead atoms. The zero-order valence-corrected chi connectivity index (χ0v) is 11.9. The molecule has 2 heterocycles. The Balaban J connectivity index is 2.24. The minimum atomic E-state index is 0.423. The molecular weight excluding hydrogens is 264 g/mol.